The smallest absolute Gasteiger partial charge is 0.207 e. The van der Waals surface area contributed by atoms with Crippen LogP contribution in [-0.2, 0) is 22.3 Å². The fourth-order valence-electron chi connectivity index (χ4n) is 2.92. The second-order valence-corrected chi connectivity index (χ2v) is 8.16. The maximum Gasteiger partial charge on any atom is 0.243 e. The van der Waals surface area contributed by atoms with Gasteiger partial charge >= 0.3 is 0 Å². The van der Waals surface area contributed by atoms with E-state index in [2.05, 4.69) is 6.92 Å². The van der Waals surface area contributed by atoms with Gasteiger partial charge in [0.2, 0.25) is 10.0 Å². The van der Waals surface area contributed by atoms with E-state index in [0.717, 1.165) is 24.0 Å². The summed E-state index contributed by atoms with van der Waals surface area (Å²) in [5.74, 6) is 0.746. The highest BCUT2D eigenvalue weighted by atomic mass is 35.5. The number of alkyl halides is 1. The fourth-order valence-corrected chi connectivity index (χ4v) is 5.22. The molecule has 0 aliphatic carbocycles. The van der Waals surface area contributed by atoms with E-state index in [0.29, 0.717) is 29.7 Å². The summed E-state index contributed by atoms with van der Waals surface area (Å²) >= 11 is 5.87. The molecular formula is C16H24ClNO2S. The maximum atomic E-state index is 13.1. The average molecular weight is 330 g/mol. The van der Waals surface area contributed by atoms with Crippen molar-refractivity contribution in [3.05, 3.63) is 29.3 Å². The number of rotatable bonds is 4. The zero-order valence-electron chi connectivity index (χ0n) is 13.0. The molecule has 1 heterocycles. The van der Waals surface area contributed by atoms with E-state index in [1.165, 1.54) is 0 Å². The van der Waals surface area contributed by atoms with E-state index in [9.17, 15) is 8.42 Å². The molecular weight excluding hydrogens is 306 g/mol. The number of halogens is 1. The molecule has 0 saturated carbocycles. The lowest BCUT2D eigenvalue weighted by molar-refractivity contribution is 0.218. The van der Waals surface area contributed by atoms with Crippen LogP contribution in [0.15, 0.2) is 23.1 Å². The standard InChI is InChI=1S/C16H24ClNO2S/c1-4-15-8-7-14(10-17)9-16(15)21(19,20)18-11-12(2)5-6-13(18)3/h7-9,12-13H,4-6,10-11H2,1-3H3. The van der Waals surface area contributed by atoms with Gasteiger partial charge in [-0.1, -0.05) is 26.0 Å². The summed E-state index contributed by atoms with van der Waals surface area (Å²) in [7, 11) is -3.44. The van der Waals surface area contributed by atoms with Crippen molar-refractivity contribution >= 4 is 21.6 Å². The Morgan fingerprint density at radius 1 is 1.29 bits per heavy atom. The lowest BCUT2D eigenvalue weighted by Gasteiger charge is -2.36. The van der Waals surface area contributed by atoms with Crippen molar-refractivity contribution in [3.63, 3.8) is 0 Å². The fraction of sp³-hybridized carbons (Fsp3) is 0.625. The highest BCUT2D eigenvalue weighted by molar-refractivity contribution is 7.89. The van der Waals surface area contributed by atoms with Crippen molar-refractivity contribution in [2.45, 2.75) is 56.9 Å². The van der Waals surface area contributed by atoms with Crippen LogP contribution < -0.4 is 0 Å². The van der Waals surface area contributed by atoms with Crippen LogP contribution in [0.1, 0.15) is 44.7 Å². The van der Waals surface area contributed by atoms with E-state index < -0.39 is 10.0 Å². The number of hydrogen-bond acceptors (Lipinski definition) is 2. The number of benzene rings is 1. The molecule has 118 valence electrons. The van der Waals surface area contributed by atoms with Crippen LogP contribution in [0.2, 0.25) is 0 Å². The minimum Gasteiger partial charge on any atom is -0.207 e. The summed E-state index contributed by atoms with van der Waals surface area (Å²) in [4.78, 5) is 0.434. The van der Waals surface area contributed by atoms with Gasteiger partial charge in [-0.3, -0.25) is 0 Å². The summed E-state index contributed by atoms with van der Waals surface area (Å²) in [6, 6.07) is 5.61. The summed E-state index contributed by atoms with van der Waals surface area (Å²) in [6.07, 6.45) is 2.72. The van der Waals surface area contributed by atoms with Gasteiger partial charge in [-0.15, -0.1) is 11.6 Å². The van der Waals surface area contributed by atoms with E-state index >= 15 is 0 Å². The van der Waals surface area contributed by atoms with Gasteiger partial charge in [0.05, 0.1) is 4.90 Å². The molecule has 0 spiro atoms. The molecule has 1 aromatic rings. The van der Waals surface area contributed by atoms with Gasteiger partial charge in [0, 0.05) is 18.5 Å². The van der Waals surface area contributed by atoms with Crippen molar-refractivity contribution in [2.75, 3.05) is 6.54 Å². The van der Waals surface area contributed by atoms with Crippen molar-refractivity contribution in [1.29, 1.82) is 0 Å². The Balaban J connectivity index is 2.47. The van der Waals surface area contributed by atoms with E-state index in [-0.39, 0.29) is 6.04 Å². The molecule has 0 radical (unpaired) electrons. The van der Waals surface area contributed by atoms with Gasteiger partial charge in [-0.2, -0.15) is 4.31 Å². The molecule has 1 aromatic carbocycles. The van der Waals surface area contributed by atoms with Crippen LogP contribution in [0, 0.1) is 5.92 Å². The SMILES string of the molecule is CCc1ccc(CCl)cc1S(=O)(=O)N1CC(C)CCC1C. The molecule has 0 N–H and O–H groups in total. The second kappa shape index (κ2) is 6.67. The third-order valence-electron chi connectivity index (χ3n) is 4.31. The molecule has 1 fully saturated rings. The first kappa shape index (κ1) is 16.8. The maximum absolute atomic E-state index is 13.1. The molecule has 0 bridgehead atoms. The molecule has 1 aliphatic rings. The monoisotopic (exact) mass is 329 g/mol. The Hall–Kier alpha value is -0.580. The van der Waals surface area contributed by atoms with Gasteiger partial charge in [0.1, 0.15) is 0 Å². The number of nitrogens with zero attached hydrogens (tertiary/aromatic N) is 1. The predicted octanol–water partition coefficient (Wildman–Crippen LogP) is 3.80. The first-order chi connectivity index (χ1) is 9.90. The second-order valence-electron chi connectivity index (χ2n) is 6.04. The topological polar surface area (TPSA) is 37.4 Å². The van der Waals surface area contributed by atoms with Gasteiger partial charge < -0.3 is 0 Å². The van der Waals surface area contributed by atoms with Crippen LogP contribution in [0.5, 0.6) is 0 Å². The lowest BCUT2D eigenvalue weighted by Crippen LogP contribution is -2.45. The van der Waals surface area contributed by atoms with Gasteiger partial charge in [-0.25, -0.2) is 8.42 Å². The Labute approximate surface area is 133 Å². The zero-order valence-corrected chi connectivity index (χ0v) is 14.5. The van der Waals surface area contributed by atoms with Crippen molar-refractivity contribution < 1.29 is 8.42 Å². The molecule has 0 amide bonds. The Kier molecular flexibility index (Phi) is 5.33. The van der Waals surface area contributed by atoms with Crippen LogP contribution in [-0.4, -0.2) is 25.3 Å². The van der Waals surface area contributed by atoms with Crippen molar-refractivity contribution in [1.82, 2.24) is 4.31 Å². The van der Waals surface area contributed by atoms with Gasteiger partial charge in [0.15, 0.2) is 0 Å². The third kappa shape index (κ3) is 3.43. The van der Waals surface area contributed by atoms with Crippen LogP contribution in [0.25, 0.3) is 0 Å². The summed E-state index contributed by atoms with van der Waals surface area (Å²) in [5, 5.41) is 0. The number of piperidine rings is 1. The third-order valence-corrected chi connectivity index (χ3v) is 6.68. The predicted molar refractivity (Wildman–Crippen MR) is 87.1 cm³/mol. The molecule has 3 nitrogen and oxygen atoms in total. The molecule has 2 rings (SSSR count). The molecule has 21 heavy (non-hydrogen) atoms. The molecule has 1 aliphatic heterocycles. The van der Waals surface area contributed by atoms with Crippen LogP contribution in [0.4, 0.5) is 0 Å². The van der Waals surface area contributed by atoms with Crippen molar-refractivity contribution in [3.8, 4) is 0 Å². The number of aryl methyl sites for hydroxylation is 1. The Morgan fingerprint density at radius 2 is 2.00 bits per heavy atom. The zero-order chi connectivity index (χ0) is 15.6. The minimum atomic E-state index is -3.44. The van der Waals surface area contributed by atoms with Crippen LogP contribution in [0.3, 0.4) is 0 Å². The minimum absolute atomic E-state index is 0.0653. The van der Waals surface area contributed by atoms with E-state index in [4.69, 9.17) is 11.6 Å². The van der Waals surface area contributed by atoms with Crippen molar-refractivity contribution in [2.24, 2.45) is 5.92 Å². The lowest BCUT2D eigenvalue weighted by atomic mass is 9.97. The van der Waals surface area contributed by atoms with Gasteiger partial charge in [-0.05, 0) is 49.3 Å². The largest absolute Gasteiger partial charge is 0.243 e. The molecule has 5 heteroatoms. The average Bonchev–Trinajstić information content (AvgIpc) is 2.48. The van der Waals surface area contributed by atoms with Crippen LogP contribution >= 0.6 is 11.6 Å². The molecule has 2 atom stereocenters. The number of sulfonamides is 1. The Bertz CT molecular complexity index is 600. The normalized spacial score (nSPS) is 24.2. The van der Waals surface area contributed by atoms with E-state index in [1.807, 2.05) is 26.0 Å². The first-order valence-corrected chi connectivity index (χ1v) is 9.57. The quantitative estimate of drug-likeness (QED) is 0.788. The highest BCUT2D eigenvalue weighted by Gasteiger charge is 2.34. The molecule has 1 saturated heterocycles. The summed E-state index contributed by atoms with van der Waals surface area (Å²) in [5.41, 5.74) is 1.72. The summed E-state index contributed by atoms with van der Waals surface area (Å²) < 4.78 is 27.8. The van der Waals surface area contributed by atoms with Gasteiger partial charge in [0.25, 0.3) is 0 Å². The summed E-state index contributed by atoms with van der Waals surface area (Å²) in [6.45, 7) is 6.71. The first-order valence-electron chi connectivity index (χ1n) is 7.59. The molecule has 2 unspecified atom stereocenters. The molecule has 0 aromatic heterocycles. The highest BCUT2D eigenvalue weighted by Crippen LogP contribution is 2.30. The van der Waals surface area contributed by atoms with E-state index in [1.54, 1.807) is 10.4 Å². The number of hydrogen-bond donors (Lipinski definition) is 0. The Morgan fingerprint density at radius 3 is 2.62 bits per heavy atom.